The molecule has 1 saturated carbocycles. The molecule has 36 heavy (non-hydrogen) atoms. The van der Waals surface area contributed by atoms with Crippen LogP contribution in [0.4, 0.5) is 13.2 Å². The van der Waals surface area contributed by atoms with E-state index in [0.29, 0.717) is 17.9 Å². The van der Waals surface area contributed by atoms with Crippen LogP contribution in [0.25, 0.3) is 17.0 Å². The van der Waals surface area contributed by atoms with Crippen LogP contribution in [-0.2, 0) is 11.0 Å². The van der Waals surface area contributed by atoms with Crippen molar-refractivity contribution in [2.45, 2.75) is 57.7 Å². The van der Waals surface area contributed by atoms with Gasteiger partial charge < -0.3 is 9.84 Å². The molecule has 8 heteroatoms. The van der Waals surface area contributed by atoms with Gasteiger partial charge in [0.25, 0.3) is 0 Å². The summed E-state index contributed by atoms with van der Waals surface area (Å²) in [6, 6.07) is 14.1. The fourth-order valence-corrected chi connectivity index (χ4v) is 5.21. The Morgan fingerprint density at radius 1 is 1.03 bits per heavy atom. The third-order valence-corrected chi connectivity index (χ3v) is 7.23. The predicted molar refractivity (Wildman–Crippen MR) is 129 cm³/mol. The highest BCUT2D eigenvalue weighted by Crippen LogP contribution is 2.47. The Morgan fingerprint density at radius 3 is 2.39 bits per heavy atom. The second-order valence-corrected chi connectivity index (χ2v) is 9.73. The number of halogens is 3. The Bertz CT molecular complexity index is 1240. The van der Waals surface area contributed by atoms with E-state index in [1.807, 2.05) is 37.3 Å². The van der Waals surface area contributed by atoms with E-state index in [-0.39, 0.29) is 23.5 Å². The molecule has 0 saturated heterocycles. The molecule has 0 aliphatic heterocycles. The molecule has 2 aliphatic rings. The molecule has 2 atom stereocenters. The molecule has 1 amide bonds. The van der Waals surface area contributed by atoms with Gasteiger partial charge in [0.15, 0.2) is 0 Å². The Hall–Kier alpha value is -3.42. The molecule has 1 heterocycles. The van der Waals surface area contributed by atoms with Gasteiger partial charge in [-0.25, -0.2) is 0 Å². The van der Waals surface area contributed by atoms with Crippen LogP contribution < -0.4 is 5.32 Å². The quantitative estimate of drug-likeness (QED) is 0.384. The van der Waals surface area contributed by atoms with Gasteiger partial charge >= 0.3 is 6.18 Å². The number of nitrogens with one attached hydrogen (secondary N) is 1. The molecule has 1 fully saturated rings. The van der Waals surface area contributed by atoms with Crippen LogP contribution in [0.15, 0.2) is 64.7 Å². The van der Waals surface area contributed by atoms with Crippen LogP contribution >= 0.6 is 0 Å². The van der Waals surface area contributed by atoms with Gasteiger partial charge in [-0.1, -0.05) is 85.3 Å². The van der Waals surface area contributed by atoms with E-state index in [0.717, 1.165) is 54.5 Å². The summed E-state index contributed by atoms with van der Waals surface area (Å²) in [7, 11) is 0. The lowest BCUT2D eigenvalue weighted by molar-refractivity contribution is -0.137. The highest BCUT2D eigenvalue weighted by atomic mass is 19.4. The SMILES string of the molecule is CC1=C(c2ccccc2)C1C(=O)NC(CC1CCCCC1)c1nc(-c2ccc(C(F)(F)F)cc2)no1. The van der Waals surface area contributed by atoms with Crippen molar-refractivity contribution in [3.05, 3.63) is 77.2 Å². The Morgan fingerprint density at radius 2 is 1.72 bits per heavy atom. The van der Waals surface area contributed by atoms with E-state index >= 15 is 0 Å². The van der Waals surface area contributed by atoms with Gasteiger partial charge in [0, 0.05) is 5.56 Å². The zero-order chi connectivity index (χ0) is 25.3. The zero-order valence-electron chi connectivity index (χ0n) is 20.0. The van der Waals surface area contributed by atoms with Crippen LogP contribution in [0.2, 0.25) is 0 Å². The lowest BCUT2D eigenvalue weighted by Crippen LogP contribution is -2.32. The molecular formula is C28H28F3N3O2. The van der Waals surface area contributed by atoms with Crippen molar-refractivity contribution in [1.82, 2.24) is 15.5 Å². The normalized spacial score (nSPS) is 19.3. The van der Waals surface area contributed by atoms with Crippen molar-refractivity contribution in [2.24, 2.45) is 11.8 Å². The van der Waals surface area contributed by atoms with E-state index in [2.05, 4.69) is 15.5 Å². The molecule has 188 valence electrons. The highest BCUT2D eigenvalue weighted by Gasteiger charge is 2.41. The van der Waals surface area contributed by atoms with Crippen LogP contribution in [0, 0.1) is 11.8 Å². The fourth-order valence-electron chi connectivity index (χ4n) is 5.21. The number of benzene rings is 2. The monoisotopic (exact) mass is 495 g/mol. The third kappa shape index (κ3) is 5.22. The Balaban J connectivity index is 1.34. The molecule has 5 rings (SSSR count). The summed E-state index contributed by atoms with van der Waals surface area (Å²) < 4.78 is 44.3. The molecule has 0 spiro atoms. The second kappa shape index (κ2) is 9.91. The smallest absolute Gasteiger partial charge is 0.343 e. The summed E-state index contributed by atoms with van der Waals surface area (Å²) in [5.41, 5.74) is 2.82. The summed E-state index contributed by atoms with van der Waals surface area (Å²) in [5, 5.41) is 7.15. The van der Waals surface area contributed by atoms with Gasteiger partial charge in [-0.15, -0.1) is 0 Å². The first-order valence-corrected chi connectivity index (χ1v) is 12.4. The van der Waals surface area contributed by atoms with E-state index in [4.69, 9.17) is 4.52 Å². The summed E-state index contributed by atoms with van der Waals surface area (Å²) >= 11 is 0. The average Bonchev–Trinajstić information content (AvgIpc) is 3.31. The first-order chi connectivity index (χ1) is 17.3. The molecule has 0 radical (unpaired) electrons. The molecule has 1 N–H and O–H groups in total. The maximum absolute atomic E-state index is 13.3. The van der Waals surface area contributed by atoms with Crippen LogP contribution in [0.1, 0.15) is 68.5 Å². The van der Waals surface area contributed by atoms with E-state index in [9.17, 15) is 18.0 Å². The van der Waals surface area contributed by atoms with Gasteiger partial charge in [0.1, 0.15) is 6.04 Å². The van der Waals surface area contributed by atoms with E-state index < -0.39 is 17.8 Å². The largest absolute Gasteiger partial charge is 0.416 e. The number of nitrogens with zero attached hydrogens (tertiary/aromatic N) is 2. The number of amides is 1. The minimum atomic E-state index is -4.41. The minimum Gasteiger partial charge on any atom is -0.343 e. The molecule has 0 bridgehead atoms. The summed E-state index contributed by atoms with van der Waals surface area (Å²) in [4.78, 5) is 17.8. The van der Waals surface area contributed by atoms with Crippen molar-refractivity contribution in [2.75, 3.05) is 0 Å². The zero-order valence-corrected chi connectivity index (χ0v) is 20.0. The van der Waals surface area contributed by atoms with Crippen molar-refractivity contribution in [3.63, 3.8) is 0 Å². The predicted octanol–water partition coefficient (Wildman–Crippen LogP) is 6.99. The number of rotatable bonds is 7. The second-order valence-electron chi connectivity index (χ2n) is 9.73. The third-order valence-electron chi connectivity index (χ3n) is 7.23. The Kier molecular flexibility index (Phi) is 6.69. The number of hydrogen-bond acceptors (Lipinski definition) is 4. The topological polar surface area (TPSA) is 68.0 Å². The first kappa shape index (κ1) is 24.3. The van der Waals surface area contributed by atoms with Gasteiger partial charge in [-0.2, -0.15) is 18.2 Å². The molecule has 1 aromatic heterocycles. The van der Waals surface area contributed by atoms with Gasteiger partial charge in [-0.3, -0.25) is 4.79 Å². The van der Waals surface area contributed by atoms with Crippen molar-refractivity contribution in [1.29, 1.82) is 0 Å². The summed E-state index contributed by atoms with van der Waals surface area (Å²) in [6.45, 7) is 1.97. The molecular weight excluding hydrogens is 467 g/mol. The summed E-state index contributed by atoms with van der Waals surface area (Å²) in [5.74, 6) is 0.544. The van der Waals surface area contributed by atoms with Crippen molar-refractivity contribution >= 4 is 11.5 Å². The maximum Gasteiger partial charge on any atom is 0.416 e. The first-order valence-electron chi connectivity index (χ1n) is 12.4. The summed E-state index contributed by atoms with van der Waals surface area (Å²) in [6.07, 6.45) is 1.99. The molecule has 2 aliphatic carbocycles. The highest BCUT2D eigenvalue weighted by molar-refractivity contribution is 6.05. The molecule has 3 aromatic rings. The number of carbonyl (C=O) groups excluding carboxylic acids is 1. The number of aromatic nitrogens is 2. The van der Waals surface area contributed by atoms with Crippen LogP contribution in [0.3, 0.4) is 0 Å². The minimum absolute atomic E-state index is 0.0959. The van der Waals surface area contributed by atoms with E-state index in [1.54, 1.807) is 0 Å². The fraction of sp³-hybridized carbons (Fsp3) is 0.393. The van der Waals surface area contributed by atoms with Gasteiger partial charge in [0.2, 0.25) is 17.6 Å². The number of hydrogen-bond donors (Lipinski definition) is 1. The Labute approximate surface area is 207 Å². The molecule has 5 nitrogen and oxygen atoms in total. The van der Waals surface area contributed by atoms with Crippen LogP contribution in [0.5, 0.6) is 0 Å². The van der Waals surface area contributed by atoms with Crippen molar-refractivity contribution < 1.29 is 22.5 Å². The van der Waals surface area contributed by atoms with Gasteiger partial charge in [0.05, 0.1) is 11.5 Å². The number of carbonyl (C=O) groups is 1. The molecule has 2 aromatic carbocycles. The lowest BCUT2D eigenvalue weighted by atomic mass is 9.84. The van der Waals surface area contributed by atoms with Crippen LogP contribution in [-0.4, -0.2) is 16.0 Å². The lowest BCUT2D eigenvalue weighted by Gasteiger charge is -2.25. The van der Waals surface area contributed by atoms with Gasteiger partial charge in [-0.05, 0) is 42.5 Å². The number of alkyl halides is 3. The van der Waals surface area contributed by atoms with E-state index in [1.165, 1.54) is 18.6 Å². The van der Waals surface area contributed by atoms with Crippen molar-refractivity contribution in [3.8, 4) is 11.4 Å². The standard InChI is InChI=1S/C28H28F3N3O2/c1-17-23(19-10-6-3-7-11-19)24(17)26(35)32-22(16-18-8-4-2-5-9-18)27-33-25(34-36-27)20-12-14-21(15-13-20)28(29,30)31/h3,6-7,10-15,18,22,24H,2,4-5,8-9,16H2,1H3,(H,32,35). The maximum atomic E-state index is 13.3. The molecule has 2 unspecified atom stereocenters. The average molecular weight is 496 g/mol.